The van der Waals surface area contributed by atoms with Gasteiger partial charge in [0, 0.05) is 25.6 Å². The van der Waals surface area contributed by atoms with Crippen LogP contribution < -0.4 is 5.32 Å². The second-order valence-electron chi connectivity index (χ2n) is 4.52. The van der Waals surface area contributed by atoms with Crippen molar-refractivity contribution in [3.8, 4) is 0 Å². The van der Waals surface area contributed by atoms with Crippen LogP contribution in [0.15, 0.2) is 0 Å². The van der Waals surface area contributed by atoms with Crippen molar-refractivity contribution in [3.05, 3.63) is 0 Å². The van der Waals surface area contributed by atoms with Gasteiger partial charge >= 0.3 is 0 Å². The van der Waals surface area contributed by atoms with Crippen molar-refractivity contribution in [2.75, 3.05) is 13.2 Å². The van der Waals surface area contributed by atoms with Crippen molar-refractivity contribution in [1.82, 2.24) is 5.32 Å². The van der Waals surface area contributed by atoms with Gasteiger partial charge in [-0.2, -0.15) is 0 Å². The summed E-state index contributed by atoms with van der Waals surface area (Å²) in [6.45, 7) is 3.45. The third-order valence-corrected chi connectivity index (χ3v) is 3.61. The van der Waals surface area contributed by atoms with Crippen LogP contribution in [0, 0.1) is 17.8 Å². The zero-order valence-electron chi connectivity index (χ0n) is 8.99. The van der Waals surface area contributed by atoms with Gasteiger partial charge in [-0.05, 0) is 24.7 Å². The molecule has 0 aromatic rings. The SMILES string of the molecule is CC1C(=O)NC(=O)CC1C1CCOCC1. The second-order valence-corrected chi connectivity index (χ2v) is 4.52. The molecule has 2 saturated heterocycles. The first kappa shape index (κ1) is 10.6. The molecule has 2 aliphatic heterocycles. The van der Waals surface area contributed by atoms with Crippen LogP contribution in [0.25, 0.3) is 0 Å². The highest BCUT2D eigenvalue weighted by molar-refractivity contribution is 5.98. The number of carbonyl (C=O) groups excluding carboxylic acids is 2. The van der Waals surface area contributed by atoms with Crippen LogP contribution in [0.1, 0.15) is 26.2 Å². The molecule has 0 saturated carbocycles. The van der Waals surface area contributed by atoms with E-state index in [0.717, 1.165) is 26.1 Å². The number of carbonyl (C=O) groups is 2. The Labute approximate surface area is 89.4 Å². The van der Waals surface area contributed by atoms with Crippen LogP contribution in [0.3, 0.4) is 0 Å². The highest BCUT2D eigenvalue weighted by Gasteiger charge is 2.37. The highest BCUT2D eigenvalue weighted by Crippen LogP contribution is 2.33. The largest absolute Gasteiger partial charge is 0.381 e. The molecule has 0 spiro atoms. The molecule has 0 bridgehead atoms. The van der Waals surface area contributed by atoms with E-state index in [2.05, 4.69) is 5.32 Å². The number of piperidine rings is 1. The maximum atomic E-state index is 11.5. The van der Waals surface area contributed by atoms with Gasteiger partial charge < -0.3 is 4.74 Å². The first-order chi connectivity index (χ1) is 7.18. The molecule has 4 heteroatoms. The average Bonchev–Trinajstić information content (AvgIpc) is 2.24. The summed E-state index contributed by atoms with van der Waals surface area (Å²) in [5.74, 6) is 0.432. The van der Waals surface area contributed by atoms with E-state index in [4.69, 9.17) is 4.74 Å². The molecule has 4 nitrogen and oxygen atoms in total. The van der Waals surface area contributed by atoms with E-state index in [1.165, 1.54) is 0 Å². The first-order valence-electron chi connectivity index (χ1n) is 5.60. The van der Waals surface area contributed by atoms with E-state index < -0.39 is 0 Å². The Morgan fingerprint density at radius 2 is 1.93 bits per heavy atom. The maximum absolute atomic E-state index is 11.5. The smallest absolute Gasteiger partial charge is 0.229 e. The minimum absolute atomic E-state index is 0.0363. The zero-order chi connectivity index (χ0) is 10.8. The third kappa shape index (κ3) is 2.20. The summed E-state index contributed by atoms with van der Waals surface area (Å²) in [6.07, 6.45) is 2.46. The van der Waals surface area contributed by atoms with Crippen LogP contribution in [-0.2, 0) is 14.3 Å². The predicted octanol–water partition coefficient (Wildman–Crippen LogP) is 0.712. The van der Waals surface area contributed by atoms with E-state index in [1.807, 2.05) is 6.92 Å². The molecule has 0 aromatic heterocycles. The molecular weight excluding hydrogens is 194 g/mol. The number of hydrogen-bond donors (Lipinski definition) is 1. The number of imide groups is 1. The van der Waals surface area contributed by atoms with E-state index in [-0.39, 0.29) is 23.7 Å². The number of ether oxygens (including phenoxy) is 1. The molecule has 84 valence electrons. The number of hydrogen-bond acceptors (Lipinski definition) is 3. The van der Waals surface area contributed by atoms with Gasteiger partial charge in [0.2, 0.25) is 11.8 Å². The summed E-state index contributed by atoms with van der Waals surface area (Å²) in [5.41, 5.74) is 0. The molecular formula is C11H17NO3. The van der Waals surface area contributed by atoms with Crippen molar-refractivity contribution in [3.63, 3.8) is 0 Å². The van der Waals surface area contributed by atoms with Crippen molar-refractivity contribution in [1.29, 1.82) is 0 Å². The molecule has 0 aromatic carbocycles. The summed E-state index contributed by atoms with van der Waals surface area (Å²) in [6, 6.07) is 0. The van der Waals surface area contributed by atoms with Crippen molar-refractivity contribution >= 4 is 11.8 Å². The zero-order valence-corrected chi connectivity index (χ0v) is 8.99. The van der Waals surface area contributed by atoms with Crippen LogP contribution >= 0.6 is 0 Å². The number of amides is 2. The van der Waals surface area contributed by atoms with Crippen molar-refractivity contribution < 1.29 is 14.3 Å². The fourth-order valence-electron chi connectivity index (χ4n) is 2.61. The fourth-order valence-corrected chi connectivity index (χ4v) is 2.61. The minimum atomic E-state index is -0.116. The second kappa shape index (κ2) is 4.31. The molecule has 2 fully saturated rings. The standard InChI is InChI=1S/C11H17NO3/c1-7-9(6-10(13)12-11(7)14)8-2-4-15-5-3-8/h7-9H,2-6H2,1H3,(H,12,13,14). The van der Waals surface area contributed by atoms with E-state index >= 15 is 0 Å². The Morgan fingerprint density at radius 1 is 1.27 bits per heavy atom. The number of rotatable bonds is 1. The quantitative estimate of drug-likeness (QED) is 0.650. The Bertz CT molecular complexity index is 271. The first-order valence-corrected chi connectivity index (χ1v) is 5.60. The average molecular weight is 211 g/mol. The Morgan fingerprint density at radius 3 is 2.60 bits per heavy atom. The minimum Gasteiger partial charge on any atom is -0.381 e. The van der Waals surface area contributed by atoms with Gasteiger partial charge in [-0.25, -0.2) is 0 Å². The molecule has 2 atom stereocenters. The van der Waals surface area contributed by atoms with Crippen LogP contribution in [-0.4, -0.2) is 25.0 Å². The highest BCUT2D eigenvalue weighted by atomic mass is 16.5. The molecule has 1 N–H and O–H groups in total. The molecule has 2 rings (SSSR count). The summed E-state index contributed by atoms with van der Waals surface area (Å²) < 4.78 is 5.29. The lowest BCUT2D eigenvalue weighted by molar-refractivity contribution is -0.140. The van der Waals surface area contributed by atoms with Crippen LogP contribution in [0.4, 0.5) is 0 Å². The topological polar surface area (TPSA) is 55.4 Å². The van der Waals surface area contributed by atoms with Crippen molar-refractivity contribution in [2.24, 2.45) is 17.8 Å². The van der Waals surface area contributed by atoms with Gasteiger partial charge in [-0.3, -0.25) is 14.9 Å². The van der Waals surface area contributed by atoms with E-state index in [1.54, 1.807) is 0 Å². The molecule has 2 aliphatic rings. The van der Waals surface area contributed by atoms with Crippen LogP contribution in [0.2, 0.25) is 0 Å². The molecule has 15 heavy (non-hydrogen) atoms. The molecule has 2 amide bonds. The Balaban J connectivity index is 2.05. The van der Waals surface area contributed by atoms with Crippen LogP contribution in [0.5, 0.6) is 0 Å². The lowest BCUT2D eigenvalue weighted by atomic mass is 9.74. The van der Waals surface area contributed by atoms with Gasteiger partial charge in [-0.15, -0.1) is 0 Å². The molecule has 2 unspecified atom stereocenters. The predicted molar refractivity (Wildman–Crippen MR) is 54.0 cm³/mol. The normalized spacial score (nSPS) is 33.9. The molecule has 0 radical (unpaired) electrons. The van der Waals surface area contributed by atoms with E-state index in [9.17, 15) is 9.59 Å². The lowest BCUT2D eigenvalue weighted by Crippen LogP contribution is -2.47. The monoisotopic (exact) mass is 211 g/mol. The Hall–Kier alpha value is -0.900. The summed E-state index contributed by atoms with van der Waals surface area (Å²) >= 11 is 0. The third-order valence-electron chi connectivity index (χ3n) is 3.61. The van der Waals surface area contributed by atoms with Gasteiger partial charge in [0.1, 0.15) is 0 Å². The van der Waals surface area contributed by atoms with Gasteiger partial charge in [0.25, 0.3) is 0 Å². The van der Waals surface area contributed by atoms with Gasteiger partial charge in [0.15, 0.2) is 0 Å². The number of nitrogens with one attached hydrogen (secondary N) is 1. The van der Waals surface area contributed by atoms with Gasteiger partial charge in [0.05, 0.1) is 0 Å². The van der Waals surface area contributed by atoms with Gasteiger partial charge in [-0.1, -0.05) is 6.92 Å². The van der Waals surface area contributed by atoms with E-state index in [0.29, 0.717) is 12.3 Å². The summed E-state index contributed by atoms with van der Waals surface area (Å²) in [4.78, 5) is 22.8. The fraction of sp³-hybridized carbons (Fsp3) is 0.818. The Kier molecular flexibility index (Phi) is 3.05. The molecule has 2 heterocycles. The maximum Gasteiger partial charge on any atom is 0.229 e. The lowest BCUT2D eigenvalue weighted by Gasteiger charge is -2.35. The molecule has 0 aliphatic carbocycles. The summed E-state index contributed by atoms with van der Waals surface area (Å²) in [7, 11) is 0. The summed E-state index contributed by atoms with van der Waals surface area (Å²) in [5, 5.41) is 2.39. The van der Waals surface area contributed by atoms with Crippen molar-refractivity contribution in [2.45, 2.75) is 26.2 Å².